The molecule has 0 atom stereocenters. The van der Waals surface area contributed by atoms with Gasteiger partial charge >= 0.3 is 0 Å². The number of ether oxygens (including phenoxy) is 2. The van der Waals surface area contributed by atoms with E-state index < -0.39 is 0 Å². The molecule has 0 saturated carbocycles. The van der Waals surface area contributed by atoms with Crippen molar-refractivity contribution in [3.63, 3.8) is 0 Å². The molecule has 0 fully saturated rings. The Morgan fingerprint density at radius 1 is 0.818 bits per heavy atom. The molecular weight excluding hydrogens is 276 g/mol. The van der Waals surface area contributed by atoms with E-state index in [0.29, 0.717) is 19.8 Å². The molecule has 0 spiro atoms. The average Bonchev–Trinajstić information content (AvgIpc) is 2.56. The Morgan fingerprint density at radius 2 is 1.55 bits per heavy atom. The summed E-state index contributed by atoms with van der Waals surface area (Å²) in [6.45, 7) is 2.87. The molecule has 2 rings (SSSR count). The maximum Gasteiger partial charge on any atom is 0.121 e. The molecular formula is C18H24N2O2. The lowest BCUT2D eigenvalue weighted by atomic mass is 10.3. The Hall–Kier alpha value is -2.20. The van der Waals surface area contributed by atoms with Gasteiger partial charge in [-0.25, -0.2) is 0 Å². The molecule has 22 heavy (non-hydrogen) atoms. The molecule has 0 unspecified atom stereocenters. The predicted octanol–water partition coefficient (Wildman–Crippen LogP) is 3.30. The standard InChI is InChI=1S/C18H24N2O2/c19-11-5-12-20-16-7-4-10-18(15-16)22-14-6-13-21-17-8-2-1-3-9-17/h1-4,7-10,15,20H,5-6,11-14,19H2. The zero-order valence-corrected chi connectivity index (χ0v) is 12.8. The number of nitrogens with one attached hydrogen (secondary N) is 1. The van der Waals surface area contributed by atoms with Crippen molar-refractivity contribution in [2.75, 3.05) is 31.6 Å². The summed E-state index contributed by atoms with van der Waals surface area (Å²) in [7, 11) is 0. The van der Waals surface area contributed by atoms with Crippen LogP contribution in [0.4, 0.5) is 5.69 Å². The molecule has 0 aromatic heterocycles. The van der Waals surface area contributed by atoms with Gasteiger partial charge in [0.2, 0.25) is 0 Å². The molecule has 4 heteroatoms. The van der Waals surface area contributed by atoms with Crippen LogP contribution >= 0.6 is 0 Å². The van der Waals surface area contributed by atoms with Gasteiger partial charge in [-0.3, -0.25) is 0 Å². The topological polar surface area (TPSA) is 56.5 Å². The molecule has 2 aromatic carbocycles. The largest absolute Gasteiger partial charge is 0.493 e. The van der Waals surface area contributed by atoms with Crippen molar-refractivity contribution in [3.8, 4) is 11.5 Å². The van der Waals surface area contributed by atoms with E-state index in [-0.39, 0.29) is 0 Å². The summed E-state index contributed by atoms with van der Waals surface area (Å²) in [4.78, 5) is 0. The van der Waals surface area contributed by atoms with E-state index in [2.05, 4.69) is 5.32 Å². The molecule has 0 heterocycles. The highest BCUT2D eigenvalue weighted by atomic mass is 16.5. The van der Waals surface area contributed by atoms with E-state index in [1.807, 2.05) is 54.6 Å². The molecule has 0 aliphatic rings. The van der Waals surface area contributed by atoms with Crippen LogP contribution < -0.4 is 20.5 Å². The first-order valence-corrected chi connectivity index (χ1v) is 7.73. The monoisotopic (exact) mass is 300 g/mol. The number of nitrogens with two attached hydrogens (primary N) is 1. The number of para-hydroxylation sites is 1. The number of hydrogen-bond acceptors (Lipinski definition) is 4. The van der Waals surface area contributed by atoms with Crippen LogP contribution in [0.5, 0.6) is 11.5 Å². The SMILES string of the molecule is NCCCNc1cccc(OCCCOc2ccccc2)c1. The summed E-state index contributed by atoms with van der Waals surface area (Å²) in [5.41, 5.74) is 6.54. The zero-order valence-electron chi connectivity index (χ0n) is 12.8. The number of rotatable bonds is 10. The van der Waals surface area contributed by atoms with Gasteiger partial charge in [0.15, 0.2) is 0 Å². The predicted molar refractivity (Wildman–Crippen MR) is 90.7 cm³/mol. The molecule has 4 nitrogen and oxygen atoms in total. The minimum Gasteiger partial charge on any atom is -0.493 e. The average molecular weight is 300 g/mol. The van der Waals surface area contributed by atoms with Crippen LogP contribution in [0, 0.1) is 0 Å². The number of benzene rings is 2. The third kappa shape index (κ3) is 6.06. The van der Waals surface area contributed by atoms with Crippen LogP contribution in [-0.4, -0.2) is 26.3 Å². The quantitative estimate of drug-likeness (QED) is 0.661. The van der Waals surface area contributed by atoms with Gasteiger partial charge in [0.25, 0.3) is 0 Å². The normalized spacial score (nSPS) is 10.2. The summed E-state index contributed by atoms with van der Waals surface area (Å²) in [6, 6.07) is 17.8. The maximum absolute atomic E-state index is 5.75. The Labute approximate surface area is 132 Å². The van der Waals surface area contributed by atoms with E-state index in [1.165, 1.54) is 0 Å². The second-order valence-electron chi connectivity index (χ2n) is 4.96. The fraction of sp³-hybridized carbons (Fsp3) is 0.333. The van der Waals surface area contributed by atoms with Crippen molar-refractivity contribution >= 4 is 5.69 Å². The smallest absolute Gasteiger partial charge is 0.121 e. The van der Waals surface area contributed by atoms with Gasteiger partial charge in [-0.05, 0) is 37.2 Å². The lowest BCUT2D eigenvalue weighted by Gasteiger charge is -2.10. The summed E-state index contributed by atoms with van der Waals surface area (Å²) in [5, 5.41) is 3.32. The second-order valence-corrected chi connectivity index (χ2v) is 4.96. The van der Waals surface area contributed by atoms with Crippen LogP contribution in [-0.2, 0) is 0 Å². The third-order valence-corrected chi connectivity index (χ3v) is 3.11. The fourth-order valence-corrected chi connectivity index (χ4v) is 1.99. The summed E-state index contributed by atoms with van der Waals surface area (Å²) >= 11 is 0. The Bertz CT molecular complexity index is 532. The fourth-order valence-electron chi connectivity index (χ4n) is 1.99. The highest BCUT2D eigenvalue weighted by Crippen LogP contribution is 2.17. The van der Waals surface area contributed by atoms with E-state index in [4.69, 9.17) is 15.2 Å². The van der Waals surface area contributed by atoms with Gasteiger partial charge in [0, 0.05) is 24.7 Å². The van der Waals surface area contributed by atoms with Gasteiger partial charge in [-0.1, -0.05) is 24.3 Å². The summed E-state index contributed by atoms with van der Waals surface area (Å²) in [6.07, 6.45) is 1.81. The lowest BCUT2D eigenvalue weighted by Crippen LogP contribution is -2.08. The first kappa shape index (κ1) is 16.2. The molecule has 0 aliphatic carbocycles. The minimum atomic E-state index is 0.638. The highest BCUT2D eigenvalue weighted by molar-refractivity contribution is 5.48. The van der Waals surface area contributed by atoms with Crippen molar-refractivity contribution in [1.29, 1.82) is 0 Å². The van der Waals surface area contributed by atoms with Crippen LogP contribution in [0.1, 0.15) is 12.8 Å². The molecule has 0 saturated heterocycles. The molecule has 0 aliphatic heterocycles. The van der Waals surface area contributed by atoms with E-state index >= 15 is 0 Å². The van der Waals surface area contributed by atoms with E-state index in [1.54, 1.807) is 0 Å². The molecule has 0 radical (unpaired) electrons. The van der Waals surface area contributed by atoms with Crippen molar-refractivity contribution in [2.45, 2.75) is 12.8 Å². The van der Waals surface area contributed by atoms with Crippen molar-refractivity contribution in [2.24, 2.45) is 5.73 Å². The first-order valence-electron chi connectivity index (χ1n) is 7.73. The zero-order chi connectivity index (χ0) is 15.5. The van der Waals surface area contributed by atoms with Crippen molar-refractivity contribution in [1.82, 2.24) is 0 Å². The van der Waals surface area contributed by atoms with E-state index in [0.717, 1.165) is 36.6 Å². The van der Waals surface area contributed by atoms with Gasteiger partial charge in [-0.15, -0.1) is 0 Å². The van der Waals surface area contributed by atoms with E-state index in [9.17, 15) is 0 Å². The van der Waals surface area contributed by atoms with Crippen LogP contribution in [0.15, 0.2) is 54.6 Å². The molecule has 0 bridgehead atoms. The van der Waals surface area contributed by atoms with Crippen LogP contribution in [0.2, 0.25) is 0 Å². The summed E-state index contributed by atoms with van der Waals surface area (Å²) < 4.78 is 11.4. The summed E-state index contributed by atoms with van der Waals surface area (Å²) in [5.74, 6) is 1.77. The molecule has 3 N–H and O–H groups in total. The van der Waals surface area contributed by atoms with Gasteiger partial charge in [0.05, 0.1) is 13.2 Å². The molecule has 2 aromatic rings. The van der Waals surface area contributed by atoms with Crippen molar-refractivity contribution in [3.05, 3.63) is 54.6 Å². The second kappa shape index (κ2) is 9.68. The Kier molecular flexibility index (Phi) is 7.12. The highest BCUT2D eigenvalue weighted by Gasteiger charge is 1.97. The molecule has 118 valence electrons. The lowest BCUT2D eigenvalue weighted by molar-refractivity contribution is 0.247. The number of hydrogen-bond donors (Lipinski definition) is 2. The van der Waals surface area contributed by atoms with Crippen LogP contribution in [0.3, 0.4) is 0 Å². The Morgan fingerprint density at radius 3 is 2.32 bits per heavy atom. The minimum absolute atomic E-state index is 0.638. The molecule has 0 amide bonds. The van der Waals surface area contributed by atoms with Gasteiger partial charge in [-0.2, -0.15) is 0 Å². The third-order valence-electron chi connectivity index (χ3n) is 3.11. The van der Waals surface area contributed by atoms with Gasteiger partial charge in [0.1, 0.15) is 11.5 Å². The number of anilines is 1. The first-order chi connectivity index (χ1) is 10.9. The van der Waals surface area contributed by atoms with Gasteiger partial charge < -0.3 is 20.5 Å². The Balaban J connectivity index is 1.65. The maximum atomic E-state index is 5.75. The van der Waals surface area contributed by atoms with Crippen molar-refractivity contribution < 1.29 is 9.47 Å². The van der Waals surface area contributed by atoms with Crippen LogP contribution in [0.25, 0.3) is 0 Å².